The Balaban J connectivity index is 2.16. The lowest BCUT2D eigenvalue weighted by Crippen LogP contribution is -2.12. The highest BCUT2D eigenvalue weighted by molar-refractivity contribution is 9.10. The largest absolute Gasteiger partial charge is 0.324 e. The topological polar surface area (TPSA) is 26.0 Å². The molecule has 0 saturated carbocycles. The molecule has 5 heteroatoms. The second-order valence-corrected chi connectivity index (χ2v) is 6.87. The van der Waals surface area contributed by atoms with Gasteiger partial charge in [0.05, 0.1) is 4.34 Å². The number of rotatable bonds is 3. The smallest absolute Gasteiger partial charge is 0.0931 e. The van der Waals surface area contributed by atoms with Gasteiger partial charge in [-0.15, -0.1) is 11.3 Å². The Hall–Kier alpha value is -0.0600. The van der Waals surface area contributed by atoms with Crippen LogP contribution in [0.2, 0.25) is 9.36 Å². The molecule has 0 radical (unpaired) electrons. The molecule has 1 nitrogen and oxygen atoms in total. The SMILES string of the molecule is NC(Cc1ccc(Cl)s1)c1cc(Cl)cc(Br)c1. The van der Waals surface area contributed by atoms with Crippen molar-refractivity contribution in [3.63, 3.8) is 0 Å². The molecule has 0 spiro atoms. The highest BCUT2D eigenvalue weighted by atomic mass is 79.9. The average molecular weight is 351 g/mol. The van der Waals surface area contributed by atoms with Crippen molar-refractivity contribution in [1.29, 1.82) is 0 Å². The molecular formula is C12H10BrCl2NS. The van der Waals surface area contributed by atoms with Gasteiger partial charge in [-0.25, -0.2) is 0 Å². The van der Waals surface area contributed by atoms with E-state index in [1.54, 1.807) is 11.3 Å². The van der Waals surface area contributed by atoms with E-state index >= 15 is 0 Å². The zero-order valence-corrected chi connectivity index (χ0v) is 12.7. The maximum Gasteiger partial charge on any atom is 0.0931 e. The molecule has 2 aromatic rings. The maximum absolute atomic E-state index is 6.16. The Morgan fingerprint density at radius 3 is 2.59 bits per heavy atom. The third kappa shape index (κ3) is 3.70. The average Bonchev–Trinajstić information content (AvgIpc) is 2.62. The minimum absolute atomic E-state index is 0.0697. The molecule has 2 N–H and O–H groups in total. The van der Waals surface area contributed by atoms with Gasteiger partial charge in [-0.3, -0.25) is 0 Å². The van der Waals surface area contributed by atoms with Crippen LogP contribution in [0.25, 0.3) is 0 Å². The quantitative estimate of drug-likeness (QED) is 0.822. The van der Waals surface area contributed by atoms with Gasteiger partial charge in [-0.2, -0.15) is 0 Å². The number of halogens is 3. The second kappa shape index (κ2) is 5.72. The van der Waals surface area contributed by atoms with Crippen molar-refractivity contribution in [2.24, 2.45) is 5.73 Å². The predicted octanol–water partition coefficient (Wildman–Crippen LogP) is 5.06. The first-order valence-electron chi connectivity index (χ1n) is 5.00. The van der Waals surface area contributed by atoms with Crippen LogP contribution < -0.4 is 5.73 Å². The second-order valence-electron chi connectivity index (χ2n) is 3.72. The number of hydrogen-bond donors (Lipinski definition) is 1. The first kappa shape index (κ1) is 13.4. The summed E-state index contributed by atoms with van der Waals surface area (Å²) in [4.78, 5) is 1.18. The van der Waals surface area contributed by atoms with Gasteiger partial charge in [0.1, 0.15) is 0 Å². The standard InChI is InChI=1S/C12H10BrCl2NS/c13-8-3-7(4-9(14)5-8)11(16)6-10-1-2-12(15)17-10/h1-5,11H,6,16H2. The van der Waals surface area contributed by atoms with Gasteiger partial charge < -0.3 is 5.73 Å². The van der Waals surface area contributed by atoms with Crippen molar-refractivity contribution in [2.75, 3.05) is 0 Å². The molecule has 0 fully saturated rings. The molecular weight excluding hydrogens is 341 g/mol. The zero-order valence-electron chi connectivity index (χ0n) is 8.79. The summed E-state index contributed by atoms with van der Waals surface area (Å²) in [6.45, 7) is 0. The van der Waals surface area contributed by atoms with E-state index < -0.39 is 0 Å². The Morgan fingerprint density at radius 1 is 1.24 bits per heavy atom. The van der Waals surface area contributed by atoms with Crippen LogP contribution in [0.4, 0.5) is 0 Å². The van der Waals surface area contributed by atoms with Crippen LogP contribution in [0.1, 0.15) is 16.5 Å². The predicted molar refractivity (Wildman–Crippen MR) is 79.1 cm³/mol. The van der Waals surface area contributed by atoms with Crippen LogP contribution in [-0.2, 0) is 6.42 Å². The number of thiophene rings is 1. The molecule has 0 aliphatic carbocycles. The molecule has 1 aromatic heterocycles. The van der Waals surface area contributed by atoms with Gasteiger partial charge in [0, 0.05) is 26.8 Å². The van der Waals surface area contributed by atoms with E-state index in [9.17, 15) is 0 Å². The fourth-order valence-electron chi connectivity index (χ4n) is 1.59. The lowest BCUT2D eigenvalue weighted by atomic mass is 10.0. The number of nitrogens with two attached hydrogens (primary N) is 1. The van der Waals surface area contributed by atoms with Crippen molar-refractivity contribution in [3.05, 3.63) is 54.6 Å². The van der Waals surface area contributed by atoms with Gasteiger partial charge in [0.15, 0.2) is 0 Å². The van der Waals surface area contributed by atoms with E-state index in [0.717, 1.165) is 20.8 Å². The van der Waals surface area contributed by atoms with Crippen LogP contribution in [0.15, 0.2) is 34.8 Å². The summed E-state index contributed by atoms with van der Waals surface area (Å²) in [7, 11) is 0. The minimum atomic E-state index is -0.0697. The van der Waals surface area contributed by atoms with Crippen molar-refractivity contribution >= 4 is 50.5 Å². The monoisotopic (exact) mass is 349 g/mol. The summed E-state index contributed by atoms with van der Waals surface area (Å²) < 4.78 is 1.74. The Morgan fingerprint density at radius 2 is 2.00 bits per heavy atom. The van der Waals surface area contributed by atoms with E-state index in [0.29, 0.717) is 5.02 Å². The summed E-state index contributed by atoms with van der Waals surface area (Å²) in [5, 5.41) is 0.689. The molecule has 1 aromatic carbocycles. The lowest BCUT2D eigenvalue weighted by molar-refractivity contribution is 0.730. The van der Waals surface area contributed by atoms with Crippen LogP contribution in [-0.4, -0.2) is 0 Å². The molecule has 0 saturated heterocycles. The lowest BCUT2D eigenvalue weighted by Gasteiger charge is -2.11. The molecule has 0 amide bonds. The number of benzene rings is 1. The third-order valence-corrected chi connectivity index (χ3v) is 4.29. The van der Waals surface area contributed by atoms with Gasteiger partial charge in [0.2, 0.25) is 0 Å². The fraction of sp³-hybridized carbons (Fsp3) is 0.167. The summed E-state index contributed by atoms with van der Waals surface area (Å²) in [5.41, 5.74) is 7.18. The van der Waals surface area contributed by atoms with Gasteiger partial charge in [0.25, 0.3) is 0 Å². The molecule has 17 heavy (non-hydrogen) atoms. The van der Waals surface area contributed by atoms with Crippen molar-refractivity contribution in [2.45, 2.75) is 12.5 Å². The van der Waals surface area contributed by atoms with Crippen molar-refractivity contribution in [1.82, 2.24) is 0 Å². The minimum Gasteiger partial charge on any atom is -0.324 e. The summed E-state index contributed by atoms with van der Waals surface area (Å²) >= 11 is 16.9. The molecule has 0 aliphatic heterocycles. The molecule has 0 bridgehead atoms. The van der Waals surface area contributed by atoms with Gasteiger partial charge in [-0.05, 0) is 35.9 Å². The first-order valence-corrected chi connectivity index (χ1v) is 7.37. The summed E-state index contributed by atoms with van der Waals surface area (Å²) in [6, 6.07) is 9.56. The van der Waals surface area contributed by atoms with E-state index in [4.69, 9.17) is 28.9 Å². The van der Waals surface area contributed by atoms with Gasteiger partial charge in [-0.1, -0.05) is 39.1 Å². The third-order valence-electron chi connectivity index (χ3n) is 2.36. The van der Waals surface area contributed by atoms with Crippen molar-refractivity contribution in [3.8, 4) is 0 Å². The van der Waals surface area contributed by atoms with E-state index in [2.05, 4.69) is 15.9 Å². The van der Waals surface area contributed by atoms with Crippen LogP contribution in [0, 0.1) is 0 Å². The fourth-order valence-corrected chi connectivity index (χ4v) is 3.62. The molecule has 90 valence electrons. The molecule has 0 aliphatic rings. The summed E-state index contributed by atoms with van der Waals surface area (Å²) in [5.74, 6) is 0. The van der Waals surface area contributed by atoms with Crippen LogP contribution in [0.3, 0.4) is 0 Å². The van der Waals surface area contributed by atoms with E-state index in [1.165, 1.54) is 4.88 Å². The molecule has 1 atom stereocenters. The normalized spacial score (nSPS) is 12.7. The molecule has 1 heterocycles. The first-order chi connectivity index (χ1) is 8.04. The molecule has 1 unspecified atom stereocenters. The van der Waals surface area contributed by atoms with Crippen LogP contribution in [0.5, 0.6) is 0 Å². The molecule has 2 rings (SSSR count). The maximum atomic E-state index is 6.16. The zero-order chi connectivity index (χ0) is 12.4. The Kier molecular flexibility index (Phi) is 4.50. The highest BCUT2D eigenvalue weighted by Gasteiger charge is 2.10. The van der Waals surface area contributed by atoms with E-state index in [1.807, 2.05) is 30.3 Å². The Labute approximate surface area is 123 Å². The van der Waals surface area contributed by atoms with Gasteiger partial charge >= 0.3 is 0 Å². The van der Waals surface area contributed by atoms with Crippen molar-refractivity contribution < 1.29 is 0 Å². The highest BCUT2D eigenvalue weighted by Crippen LogP contribution is 2.28. The van der Waals surface area contributed by atoms with E-state index in [-0.39, 0.29) is 6.04 Å². The summed E-state index contributed by atoms with van der Waals surface area (Å²) in [6.07, 6.45) is 0.768. The Bertz CT molecular complexity index is 507. The number of hydrogen-bond acceptors (Lipinski definition) is 2. The van der Waals surface area contributed by atoms with Crippen LogP contribution >= 0.6 is 50.5 Å².